The van der Waals surface area contributed by atoms with Crippen molar-refractivity contribution < 1.29 is 18.0 Å². The molecule has 0 fully saturated rings. The second-order valence-electron chi connectivity index (χ2n) is 6.19. The predicted molar refractivity (Wildman–Crippen MR) is 97.5 cm³/mol. The Labute approximate surface area is 151 Å². The topological polar surface area (TPSA) is 44.4 Å². The molecule has 0 radical (unpaired) electrons. The maximum atomic E-state index is 12.5. The molecule has 0 saturated carbocycles. The van der Waals surface area contributed by atoms with E-state index in [1.54, 1.807) is 12.1 Å². The van der Waals surface area contributed by atoms with Crippen LogP contribution in [-0.2, 0) is 6.18 Å². The number of anilines is 2. The van der Waals surface area contributed by atoms with E-state index in [1.807, 2.05) is 26.2 Å². The summed E-state index contributed by atoms with van der Waals surface area (Å²) in [5.74, 6) is -0.453. The molecule has 4 nitrogen and oxygen atoms in total. The van der Waals surface area contributed by atoms with Gasteiger partial charge in [-0.2, -0.15) is 13.2 Å². The third-order valence-electron chi connectivity index (χ3n) is 3.73. The minimum Gasteiger partial charge on any atom is -0.385 e. The lowest BCUT2D eigenvalue weighted by molar-refractivity contribution is -0.137. The van der Waals surface area contributed by atoms with E-state index < -0.39 is 17.6 Å². The van der Waals surface area contributed by atoms with Crippen molar-refractivity contribution in [1.82, 2.24) is 4.90 Å². The molecule has 0 aromatic heterocycles. The number of nitrogens with zero attached hydrogens (tertiary/aromatic N) is 1. The number of amides is 1. The lowest BCUT2D eigenvalue weighted by atomic mass is 10.1. The Morgan fingerprint density at radius 2 is 1.54 bits per heavy atom. The van der Waals surface area contributed by atoms with Gasteiger partial charge in [0.05, 0.1) is 5.56 Å². The fraction of sp³-hybridized carbons (Fsp3) is 0.316. The second-order valence-corrected chi connectivity index (χ2v) is 6.19. The van der Waals surface area contributed by atoms with Gasteiger partial charge in [-0.15, -0.1) is 0 Å². The molecule has 0 bridgehead atoms. The quantitative estimate of drug-likeness (QED) is 0.718. The summed E-state index contributed by atoms with van der Waals surface area (Å²) in [5.41, 5.74) is 0.910. The summed E-state index contributed by atoms with van der Waals surface area (Å²) in [4.78, 5) is 14.2. The number of rotatable bonds is 7. The molecule has 0 heterocycles. The van der Waals surface area contributed by atoms with Crippen molar-refractivity contribution in [3.63, 3.8) is 0 Å². The van der Waals surface area contributed by atoms with E-state index in [0.717, 1.165) is 37.3 Å². The molecule has 0 aliphatic rings. The van der Waals surface area contributed by atoms with Gasteiger partial charge >= 0.3 is 6.18 Å². The largest absolute Gasteiger partial charge is 0.416 e. The number of carbonyl (C=O) groups is 1. The molecule has 2 aromatic rings. The normalized spacial score (nSPS) is 11.5. The van der Waals surface area contributed by atoms with Crippen LogP contribution >= 0.6 is 0 Å². The van der Waals surface area contributed by atoms with Crippen molar-refractivity contribution >= 4 is 17.3 Å². The predicted octanol–water partition coefficient (Wildman–Crippen LogP) is 4.32. The van der Waals surface area contributed by atoms with Gasteiger partial charge in [0, 0.05) is 23.5 Å². The van der Waals surface area contributed by atoms with Gasteiger partial charge in [-0.25, -0.2) is 0 Å². The summed E-state index contributed by atoms with van der Waals surface area (Å²) in [6, 6.07) is 11.3. The van der Waals surface area contributed by atoms with Gasteiger partial charge in [-0.1, -0.05) is 0 Å². The van der Waals surface area contributed by atoms with E-state index in [0.29, 0.717) is 5.69 Å². The van der Waals surface area contributed by atoms with Crippen LogP contribution in [0, 0.1) is 0 Å². The van der Waals surface area contributed by atoms with Crippen LogP contribution in [0.4, 0.5) is 24.5 Å². The SMILES string of the molecule is CN(C)CCCNc1ccc(NC(=O)c2ccc(C(F)(F)F)cc2)cc1. The van der Waals surface area contributed by atoms with Crippen LogP contribution in [0.1, 0.15) is 22.3 Å². The van der Waals surface area contributed by atoms with Gasteiger partial charge in [0.2, 0.25) is 0 Å². The molecule has 0 spiro atoms. The third kappa shape index (κ3) is 6.07. The molecular formula is C19H22F3N3O. The minimum absolute atomic E-state index is 0.170. The summed E-state index contributed by atoms with van der Waals surface area (Å²) in [6.45, 7) is 1.84. The van der Waals surface area contributed by atoms with Crippen molar-refractivity contribution in [3.05, 3.63) is 59.7 Å². The molecule has 0 unspecified atom stereocenters. The molecule has 0 atom stereocenters. The molecule has 1 amide bonds. The Hall–Kier alpha value is -2.54. The maximum Gasteiger partial charge on any atom is 0.416 e. The molecule has 2 aromatic carbocycles. The van der Waals surface area contributed by atoms with Crippen LogP contribution in [0.5, 0.6) is 0 Å². The summed E-state index contributed by atoms with van der Waals surface area (Å²) in [5, 5.41) is 5.96. The number of hydrogen-bond donors (Lipinski definition) is 2. The van der Waals surface area contributed by atoms with Crippen molar-refractivity contribution in [3.8, 4) is 0 Å². The molecule has 0 saturated heterocycles. The first kappa shape index (κ1) is 19.8. The van der Waals surface area contributed by atoms with Crippen LogP contribution < -0.4 is 10.6 Å². The lowest BCUT2D eigenvalue weighted by Crippen LogP contribution is -2.16. The fourth-order valence-corrected chi connectivity index (χ4v) is 2.31. The maximum absolute atomic E-state index is 12.5. The molecule has 2 rings (SSSR count). The first-order valence-corrected chi connectivity index (χ1v) is 8.23. The highest BCUT2D eigenvalue weighted by molar-refractivity contribution is 6.04. The highest BCUT2D eigenvalue weighted by atomic mass is 19.4. The number of benzene rings is 2. The van der Waals surface area contributed by atoms with Gasteiger partial charge in [-0.3, -0.25) is 4.79 Å². The number of nitrogens with one attached hydrogen (secondary N) is 2. The lowest BCUT2D eigenvalue weighted by Gasteiger charge is -2.11. The average Bonchev–Trinajstić information content (AvgIpc) is 2.59. The molecule has 7 heteroatoms. The molecule has 0 aliphatic heterocycles. The van der Waals surface area contributed by atoms with Crippen molar-refractivity contribution in [1.29, 1.82) is 0 Å². The Kier molecular flexibility index (Phi) is 6.63. The van der Waals surface area contributed by atoms with Crippen LogP contribution in [0.15, 0.2) is 48.5 Å². The van der Waals surface area contributed by atoms with Gasteiger partial charge in [0.15, 0.2) is 0 Å². The Balaban J connectivity index is 1.89. The second kappa shape index (κ2) is 8.71. The Bertz CT molecular complexity index is 710. The fourth-order valence-electron chi connectivity index (χ4n) is 2.31. The summed E-state index contributed by atoms with van der Waals surface area (Å²) in [7, 11) is 4.04. The summed E-state index contributed by atoms with van der Waals surface area (Å²) in [6.07, 6.45) is -3.40. The van der Waals surface area contributed by atoms with Crippen LogP contribution in [0.3, 0.4) is 0 Å². The first-order valence-electron chi connectivity index (χ1n) is 8.23. The van der Waals surface area contributed by atoms with E-state index in [9.17, 15) is 18.0 Å². The zero-order valence-corrected chi connectivity index (χ0v) is 14.7. The highest BCUT2D eigenvalue weighted by Crippen LogP contribution is 2.29. The smallest absolute Gasteiger partial charge is 0.385 e. The van der Waals surface area contributed by atoms with E-state index in [-0.39, 0.29) is 5.56 Å². The monoisotopic (exact) mass is 365 g/mol. The molecule has 0 aliphatic carbocycles. The molecule has 140 valence electrons. The third-order valence-corrected chi connectivity index (χ3v) is 3.73. The van der Waals surface area contributed by atoms with E-state index in [4.69, 9.17) is 0 Å². The zero-order valence-electron chi connectivity index (χ0n) is 14.7. The van der Waals surface area contributed by atoms with Crippen molar-refractivity contribution in [2.24, 2.45) is 0 Å². The van der Waals surface area contributed by atoms with Crippen LogP contribution in [0.2, 0.25) is 0 Å². The number of halogens is 3. The standard InChI is InChI=1S/C19H22F3N3O/c1-25(2)13-3-12-23-16-8-10-17(11-9-16)24-18(26)14-4-6-15(7-5-14)19(20,21)22/h4-11,23H,3,12-13H2,1-2H3,(H,24,26). The minimum atomic E-state index is -4.41. The van der Waals surface area contributed by atoms with Crippen LogP contribution in [-0.4, -0.2) is 38.0 Å². The van der Waals surface area contributed by atoms with Gasteiger partial charge < -0.3 is 15.5 Å². The number of hydrogen-bond acceptors (Lipinski definition) is 3. The number of carbonyl (C=O) groups excluding carboxylic acids is 1. The molecule has 26 heavy (non-hydrogen) atoms. The zero-order chi connectivity index (χ0) is 19.2. The first-order chi connectivity index (χ1) is 12.3. The van der Waals surface area contributed by atoms with E-state index in [1.165, 1.54) is 12.1 Å². The van der Waals surface area contributed by atoms with Crippen molar-refractivity contribution in [2.45, 2.75) is 12.6 Å². The average molecular weight is 365 g/mol. The van der Waals surface area contributed by atoms with Crippen molar-refractivity contribution in [2.75, 3.05) is 37.8 Å². The summed E-state index contributed by atoms with van der Waals surface area (Å²) >= 11 is 0. The Morgan fingerprint density at radius 1 is 0.962 bits per heavy atom. The Morgan fingerprint density at radius 3 is 2.08 bits per heavy atom. The number of alkyl halides is 3. The van der Waals surface area contributed by atoms with Gasteiger partial charge in [0.1, 0.15) is 0 Å². The highest BCUT2D eigenvalue weighted by Gasteiger charge is 2.30. The summed E-state index contributed by atoms with van der Waals surface area (Å²) < 4.78 is 37.6. The van der Waals surface area contributed by atoms with E-state index >= 15 is 0 Å². The molecular weight excluding hydrogens is 343 g/mol. The van der Waals surface area contributed by atoms with E-state index in [2.05, 4.69) is 15.5 Å². The molecule has 2 N–H and O–H groups in total. The van der Waals surface area contributed by atoms with Crippen LogP contribution in [0.25, 0.3) is 0 Å². The van der Waals surface area contributed by atoms with Gasteiger partial charge in [-0.05, 0) is 75.6 Å². The van der Waals surface area contributed by atoms with Gasteiger partial charge in [0.25, 0.3) is 5.91 Å².